The van der Waals surface area contributed by atoms with Crippen LogP contribution in [0.4, 0.5) is 5.69 Å². The van der Waals surface area contributed by atoms with E-state index < -0.39 is 0 Å². The Hall–Kier alpha value is -2.77. The third-order valence-electron chi connectivity index (χ3n) is 6.18. The summed E-state index contributed by atoms with van der Waals surface area (Å²) in [5.41, 5.74) is 7.48. The number of anilines is 1. The second kappa shape index (κ2) is 11.5. The number of aliphatic hydroxyl groups excluding tert-OH is 1. The highest BCUT2D eigenvalue weighted by atomic mass is 127. The second-order valence-electron chi connectivity index (χ2n) is 8.66. The molecular formula is C26H28IN5O4. The number of aromatic nitrogens is 3. The fourth-order valence-corrected chi connectivity index (χ4v) is 5.00. The van der Waals surface area contributed by atoms with Gasteiger partial charge in [-0.1, -0.05) is 12.1 Å². The summed E-state index contributed by atoms with van der Waals surface area (Å²) in [6.45, 7) is 3.32. The minimum atomic E-state index is -0.0447. The van der Waals surface area contributed by atoms with Crippen LogP contribution in [0.1, 0.15) is 5.56 Å². The number of hydrogen-bond donors (Lipinski definition) is 3. The SMILES string of the molecule is O=c1cc(-c2c[nH]c3ncc(N4CCOC(CNOCCO)C4)cc23)ccn1Cc1cccc(I)c1. The van der Waals surface area contributed by atoms with Crippen molar-refractivity contribution in [3.63, 3.8) is 0 Å². The molecule has 36 heavy (non-hydrogen) atoms. The van der Waals surface area contributed by atoms with Gasteiger partial charge in [-0.3, -0.25) is 9.63 Å². The molecule has 1 fully saturated rings. The minimum Gasteiger partial charge on any atom is -0.394 e. The Balaban J connectivity index is 1.35. The van der Waals surface area contributed by atoms with E-state index in [-0.39, 0.29) is 24.9 Å². The summed E-state index contributed by atoms with van der Waals surface area (Å²) in [6, 6.07) is 13.9. The van der Waals surface area contributed by atoms with Gasteiger partial charge in [-0.25, -0.2) is 4.98 Å². The molecule has 3 N–H and O–H groups in total. The van der Waals surface area contributed by atoms with E-state index in [0.717, 1.165) is 43.5 Å². The van der Waals surface area contributed by atoms with E-state index in [1.807, 2.05) is 42.9 Å². The third kappa shape index (κ3) is 5.79. The van der Waals surface area contributed by atoms with Gasteiger partial charge in [0, 0.05) is 52.6 Å². The van der Waals surface area contributed by atoms with E-state index in [1.165, 1.54) is 0 Å². The fourth-order valence-electron chi connectivity index (χ4n) is 4.39. The van der Waals surface area contributed by atoms with Gasteiger partial charge in [0.1, 0.15) is 5.65 Å². The number of morpholine rings is 1. The number of aliphatic hydroxyl groups is 1. The van der Waals surface area contributed by atoms with Crippen molar-refractivity contribution >= 4 is 39.3 Å². The highest BCUT2D eigenvalue weighted by molar-refractivity contribution is 14.1. The average molecular weight is 601 g/mol. The molecule has 3 aromatic heterocycles. The van der Waals surface area contributed by atoms with Crippen molar-refractivity contribution in [2.75, 3.05) is 44.4 Å². The molecule has 5 rings (SSSR count). The first-order chi connectivity index (χ1) is 17.6. The average Bonchev–Trinajstić information content (AvgIpc) is 3.31. The van der Waals surface area contributed by atoms with E-state index in [9.17, 15) is 4.79 Å². The molecule has 9 nitrogen and oxygen atoms in total. The van der Waals surface area contributed by atoms with Crippen LogP contribution in [0.5, 0.6) is 0 Å². The molecule has 1 aliphatic rings. The van der Waals surface area contributed by atoms with Crippen LogP contribution < -0.4 is 15.9 Å². The summed E-state index contributed by atoms with van der Waals surface area (Å²) in [6.07, 6.45) is 5.58. The maximum Gasteiger partial charge on any atom is 0.251 e. The first-order valence-electron chi connectivity index (χ1n) is 11.9. The number of rotatable bonds is 9. The summed E-state index contributed by atoms with van der Waals surface area (Å²) in [5, 5.41) is 9.80. The summed E-state index contributed by atoms with van der Waals surface area (Å²) < 4.78 is 8.71. The number of nitrogens with zero attached hydrogens (tertiary/aromatic N) is 3. The van der Waals surface area contributed by atoms with Gasteiger partial charge in [0.2, 0.25) is 0 Å². The van der Waals surface area contributed by atoms with Crippen LogP contribution in [0.25, 0.3) is 22.2 Å². The maximum absolute atomic E-state index is 12.9. The van der Waals surface area contributed by atoms with Crippen LogP contribution in [0.3, 0.4) is 0 Å². The molecule has 0 amide bonds. The number of hydroxylamine groups is 1. The minimum absolute atomic E-state index is 0.0307. The van der Waals surface area contributed by atoms with Crippen molar-refractivity contribution in [1.82, 2.24) is 20.0 Å². The molecule has 4 aromatic rings. The lowest BCUT2D eigenvalue weighted by Gasteiger charge is -2.34. The van der Waals surface area contributed by atoms with Gasteiger partial charge >= 0.3 is 0 Å². The molecular weight excluding hydrogens is 573 g/mol. The monoisotopic (exact) mass is 601 g/mol. The molecule has 1 unspecified atom stereocenters. The lowest BCUT2D eigenvalue weighted by atomic mass is 10.1. The largest absolute Gasteiger partial charge is 0.394 e. The van der Waals surface area contributed by atoms with Gasteiger partial charge in [0.25, 0.3) is 5.56 Å². The summed E-state index contributed by atoms with van der Waals surface area (Å²) in [7, 11) is 0. The van der Waals surface area contributed by atoms with E-state index >= 15 is 0 Å². The molecule has 0 bridgehead atoms. The molecule has 1 saturated heterocycles. The number of ether oxygens (including phenoxy) is 1. The normalized spacial score (nSPS) is 16.1. The first-order valence-corrected chi connectivity index (χ1v) is 12.9. The van der Waals surface area contributed by atoms with Gasteiger partial charge < -0.3 is 24.3 Å². The number of benzene rings is 1. The van der Waals surface area contributed by atoms with Crippen molar-refractivity contribution in [3.05, 3.63) is 80.5 Å². The lowest BCUT2D eigenvalue weighted by Crippen LogP contribution is -2.46. The number of halogens is 1. The third-order valence-corrected chi connectivity index (χ3v) is 6.85. The quantitative estimate of drug-likeness (QED) is 0.154. The number of hydrogen-bond acceptors (Lipinski definition) is 7. The molecule has 0 saturated carbocycles. The number of aromatic amines is 1. The lowest BCUT2D eigenvalue weighted by molar-refractivity contribution is -0.0272. The van der Waals surface area contributed by atoms with Crippen LogP contribution in [0, 0.1) is 3.57 Å². The van der Waals surface area contributed by atoms with Gasteiger partial charge in [-0.2, -0.15) is 5.48 Å². The summed E-state index contributed by atoms with van der Waals surface area (Å²) in [4.78, 5) is 28.2. The van der Waals surface area contributed by atoms with E-state index in [0.29, 0.717) is 26.2 Å². The Bertz CT molecular complexity index is 1390. The second-order valence-corrected chi connectivity index (χ2v) is 9.91. The van der Waals surface area contributed by atoms with Gasteiger partial charge in [0.05, 0.1) is 44.4 Å². The van der Waals surface area contributed by atoms with Crippen LogP contribution >= 0.6 is 22.6 Å². The molecule has 10 heteroatoms. The van der Waals surface area contributed by atoms with Crippen molar-refractivity contribution in [2.24, 2.45) is 0 Å². The molecule has 1 aliphatic heterocycles. The van der Waals surface area contributed by atoms with Gasteiger partial charge in [-0.15, -0.1) is 0 Å². The number of nitrogens with one attached hydrogen (secondary N) is 2. The Morgan fingerprint density at radius 1 is 1.28 bits per heavy atom. The van der Waals surface area contributed by atoms with Crippen molar-refractivity contribution in [2.45, 2.75) is 12.6 Å². The van der Waals surface area contributed by atoms with Crippen LogP contribution in [0.2, 0.25) is 0 Å². The van der Waals surface area contributed by atoms with Gasteiger partial charge in [-0.05, 0) is 58.0 Å². The topological polar surface area (TPSA) is 105 Å². The predicted molar refractivity (Wildman–Crippen MR) is 147 cm³/mol. The summed E-state index contributed by atoms with van der Waals surface area (Å²) in [5.74, 6) is 0. The van der Waals surface area contributed by atoms with Crippen LogP contribution in [-0.2, 0) is 16.1 Å². The Kier molecular flexibility index (Phi) is 7.97. The zero-order valence-corrected chi connectivity index (χ0v) is 21.8. The summed E-state index contributed by atoms with van der Waals surface area (Å²) >= 11 is 2.28. The Morgan fingerprint density at radius 2 is 2.19 bits per heavy atom. The standard InChI is InChI=1S/C26H28IN5O4/c27-20-3-1-2-18(10-20)16-32-5-4-19(11-25(32)34)24-15-29-26-23(24)12-21(13-28-26)31-6-8-35-22(17-31)14-30-36-9-7-33/h1-5,10-13,15,22,30,33H,6-9,14,16-17H2,(H,28,29). The fraction of sp³-hybridized carbons (Fsp3) is 0.308. The maximum atomic E-state index is 12.9. The van der Waals surface area contributed by atoms with Gasteiger partial charge in [0.15, 0.2) is 0 Å². The number of H-pyrrole nitrogens is 1. The van der Waals surface area contributed by atoms with E-state index in [1.54, 1.807) is 10.6 Å². The Labute approximate surface area is 222 Å². The number of pyridine rings is 2. The Morgan fingerprint density at radius 3 is 3.03 bits per heavy atom. The molecule has 0 spiro atoms. The highest BCUT2D eigenvalue weighted by Crippen LogP contribution is 2.30. The zero-order chi connectivity index (χ0) is 24.9. The molecule has 0 radical (unpaired) electrons. The predicted octanol–water partition coefficient (Wildman–Crippen LogP) is 2.76. The van der Waals surface area contributed by atoms with Crippen molar-refractivity contribution in [3.8, 4) is 11.1 Å². The molecule has 0 aliphatic carbocycles. The van der Waals surface area contributed by atoms with E-state index in [2.05, 4.69) is 55.1 Å². The molecule has 4 heterocycles. The number of fused-ring (bicyclic) bond motifs is 1. The molecule has 1 aromatic carbocycles. The molecule has 188 valence electrons. The van der Waals surface area contributed by atoms with Crippen LogP contribution in [0.15, 0.2) is 65.8 Å². The van der Waals surface area contributed by atoms with Crippen molar-refractivity contribution in [1.29, 1.82) is 0 Å². The zero-order valence-electron chi connectivity index (χ0n) is 19.7. The smallest absolute Gasteiger partial charge is 0.251 e. The highest BCUT2D eigenvalue weighted by Gasteiger charge is 2.22. The van der Waals surface area contributed by atoms with Crippen molar-refractivity contribution < 1.29 is 14.7 Å². The molecule has 1 atom stereocenters. The van der Waals surface area contributed by atoms with E-state index in [4.69, 9.17) is 14.7 Å². The first kappa shape index (κ1) is 24.9. The van der Waals surface area contributed by atoms with Crippen LogP contribution in [-0.4, -0.2) is 65.2 Å².